The molecule has 2 aliphatic heterocycles. The van der Waals surface area contributed by atoms with E-state index < -0.39 is 0 Å². The Kier molecular flexibility index (Phi) is 3.85. The third-order valence-electron chi connectivity index (χ3n) is 5.43. The number of carbonyl (C=O) groups excluding carboxylic acids is 1. The van der Waals surface area contributed by atoms with Gasteiger partial charge < -0.3 is 9.80 Å². The van der Waals surface area contributed by atoms with Gasteiger partial charge in [-0.1, -0.05) is 48.5 Å². The summed E-state index contributed by atoms with van der Waals surface area (Å²) in [5.41, 5.74) is 4.33. The Labute approximate surface area is 158 Å². The van der Waals surface area contributed by atoms with E-state index in [-0.39, 0.29) is 11.8 Å². The van der Waals surface area contributed by atoms with Crippen LogP contribution in [0.25, 0.3) is 11.3 Å². The lowest BCUT2D eigenvalue weighted by Gasteiger charge is -2.40. The van der Waals surface area contributed by atoms with Crippen molar-refractivity contribution in [1.82, 2.24) is 9.97 Å². The molecule has 0 aliphatic carbocycles. The number of hydrogen-bond donors (Lipinski definition) is 0. The van der Waals surface area contributed by atoms with E-state index in [9.17, 15) is 4.79 Å². The molecule has 5 rings (SSSR count). The Balaban J connectivity index is 1.28. The monoisotopic (exact) mass is 356 g/mol. The second-order valence-corrected chi connectivity index (χ2v) is 7.10. The largest absolute Gasteiger partial charge is 0.355 e. The molecular weight excluding hydrogens is 336 g/mol. The minimum atomic E-state index is 0.0336. The van der Waals surface area contributed by atoms with E-state index in [2.05, 4.69) is 20.9 Å². The number of nitrogens with zero attached hydrogens (tertiary/aromatic N) is 4. The van der Waals surface area contributed by atoms with Crippen molar-refractivity contribution in [3.63, 3.8) is 0 Å². The fraction of sp³-hybridized carbons (Fsp3) is 0.227. The number of rotatable bonds is 3. The molecule has 134 valence electrons. The summed E-state index contributed by atoms with van der Waals surface area (Å²) in [6.07, 6.45) is 2.55. The van der Waals surface area contributed by atoms with Gasteiger partial charge in [-0.25, -0.2) is 9.97 Å². The quantitative estimate of drug-likeness (QED) is 0.723. The van der Waals surface area contributed by atoms with Gasteiger partial charge in [0.1, 0.15) is 12.1 Å². The van der Waals surface area contributed by atoms with Gasteiger partial charge >= 0.3 is 0 Å². The van der Waals surface area contributed by atoms with Crippen LogP contribution in [0.15, 0.2) is 67.0 Å². The van der Waals surface area contributed by atoms with Gasteiger partial charge in [-0.3, -0.25) is 4.79 Å². The molecule has 5 nitrogen and oxygen atoms in total. The summed E-state index contributed by atoms with van der Waals surface area (Å²) < 4.78 is 0. The second kappa shape index (κ2) is 6.50. The number of aromatic nitrogens is 2. The highest BCUT2D eigenvalue weighted by Crippen LogP contribution is 2.32. The summed E-state index contributed by atoms with van der Waals surface area (Å²) >= 11 is 0. The first-order chi connectivity index (χ1) is 13.3. The molecule has 0 unspecified atom stereocenters. The predicted molar refractivity (Wildman–Crippen MR) is 106 cm³/mol. The second-order valence-electron chi connectivity index (χ2n) is 7.10. The normalized spacial score (nSPS) is 16.1. The number of para-hydroxylation sites is 1. The molecule has 5 heteroatoms. The average molecular weight is 356 g/mol. The SMILES string of the molecule is O=C(C1CN(c2cc(-c3ccccc3)ncn2)C1)N1CCc2ccccc21. The molecule has 3 heterocycles. The molecule has 0 N–H and O–H groups in total. The molecule has 1 fully saturated rings. The van der Waals surface area contributed by atoms with Crippen LogP contribution in [-0.4, -0.2) is 35.5 Å². The molecule has 2 aromatic carbocycles. The zero-order valence-electron chi connectivity index (χ0n) is 15.0. The van der Waals surface area contributed by atoms with Gasteiger partial charge in [0.2, 0.25) is 5.91 Å². The lowest BCUT2D eigenvalue weighted by molar-refractivity contribution is -0.123. The number of anilines is 2. The maximum absolute atomic E-state index is 12.9. The Morgan fingerprint density at radius 1 is 0.963 bits per heavy atom. The molecule has 3 aromatic rings. The Bertz CT molecular complexity index is 982. The summed E-state index contributed by atoms with van der Waals surface area (Å²) in [5.74, 6) is 1.15. The van der Waals surface area contributed by atoms with Crippen molar-refractivity contribution >= 4 is 17.4 Å². The summed E-state index contributed by atoms with van der Waals surface area (Å²) in [6.45, 7) is 2.21. The van der Waals surface area contributed by atoms with Crippen molar-refractivity contribution in [3.8, 4) is 11.3 Å². The highest BCUT2D eigenvalue weighted by Gasteiger charge is 2.38. The van der Waals surface area contributed by atoms with Gasteiger partial charge in [0, 0.05) is 37.0 Å². The van der Waals surface area contributed by atoms with E-state index in [1.54, 1.807) is 6.33 Å². The van der Waals surface area contributed by atoms with Gasteiger partial charge in [0.25, 0.3) is 0 Å². The molecule has 1 aromatic heterocycles. The van der Waals surface area contributed by atoms with Crippen molar-refractivity contribution in [2.24, 2.45) is 5.92 Å². The van der Waals surface area contributed by atoms with E-state index in [1.807, 2.05) is 59.5 Å². The van der Waals surface area contributed by atoms with Crippen molar-refractivity contribution in [2.45, 2.75) is 6.42 Å². The number of carbonyl (C=O) groups is 1. The van der Waals surface area contributed by atoms with Crippen LogP contribution in [-0.2, 0) is 11.2 Å². The van der Waals surface area contributed by atoms with Crippen molar-refractivity contribution in [3.05, 3.63) is 72.6 Å². The standard InChI is InChI=1S/C22H20N4O/c27-22(26-11-10-17-8-4-5-9-20(17)26)18-13-25(14-18)21-12-19(23-15-24-21)16-6-2-1-3-7-16/h1-9,12,15,18H,10-11,13-14H2. The molecule has 0 radical (unpaired) electrons. The van der Waals surface area contributed by atoms with E-state index in [4.69, 9.17) is 0 Å². The Morgan fingerprint density at radius 2 is 1.74 bits per heavy atom. The number of fused-ring (bicyclic) bond motifs is 1. The summed E-state index contributed by atoms with van der Waals surface area (Å²) in [7, 11) is 0. The zero-order valence-corrected chi connectivity index (χ0v) is 15.0. The highest BCUT2D eigenvalue weighted by atomic mass is 16.2. The molecule has 2 aliphatic rings. The first kappa shape index (κ1) is 16.0. The topological polar surface area (TPSA) is 49.3 Å². The molecule has 0 spiro atoms. The fourth-order valence-corrected chi connectivity index (χ4v) is 3.90. The molecule has 0 bridgehead atoms. The highest BCUT2D eigenvalue weighted by molar-refractivity contribution is 5.98. The van der Waals surface area contributed by atoms with Crippen LogP contribution < -0.4 is 9.80 Å². The average Bonchev–Trinajstić information content (AvgIpc) is 3.12. The maximum atomic E-state index is 12.9. The summed E-state index contributed by atoms with van der Waals surface area (Å²) in [6, 6.07) is 20.3. The molecule has 0 saturated carbocycles. The van der Waals surface area contributed by atoms with Gasteiger partial charge in [0.05, 0.1) is 11.6 Å². The smallest absolute Gasteiger partial charge is 0.233 e. The Morgan fingerprint density at radius 3 is 2.59 bits per heavy atom. The van der Waals surface area contributed by atoms with E-state index >= 15 is 0 Å². The van der Waals surface area contributed by atoms with Crippen LogP contribution in [0.1, 0.15) is 5.56 Å². The van der Waals surface area contributed by atoms with Gasteiger partial charge in [-0.05, 0) is 18.1 Å². The van der Waals surface area contributed by atoms with Gasteiger partial charge in [-0.2, -0.15) is 0 Å². The predicted octanol–water partition coefficient (Wildman–Crippen LogP) is 3.17. The van der Waals surface area contributed by atoms with Crippen molar-refractivity contribution in [2.75, 3.05) is 29.4 Å². The van der Waals surface area contributed by atoms with Crippen molar-refractivity contribution in [1.29, 1.82) is 0 Å². The third-order valence-corrected chi connectivity index (χ3v) is 5.43. The lowest BCUT2D eigenvalue weighted by Crippen LogP contribution is -2.54. The Hall–Kier alpha value is -3.21. The molecule has 27 heavy (non-hydrogen) atoms. The summed E-state index contributed by atoms with van der Waals surface area (Å²) in [5, 5.41) is 0. The van der Waals surface area contributed by atoms with Crippen LogP contribution in [0.5, 0.6) is 0 Å². The van der Waals surface area contributed by atoms with Gasteiger partial charge in [0.15, 0.2) is 0 Å². The van der Waals surface area contributed by atoms with Crippen LogP contribution in [0.3, 0.4) is 0 Å². The molecule has 1 amide bonds. The lowest BCUT2D eigenvalue weighted by atomic mass is 9.98. The minimum Gasteiger partial charge on any atom is -0.355 e. The number of hydrogen-bond acceptors (Lipinski definition) is 4. The van der Waals surface area contributed by atoms with Crippen LogP contribution in [0, 0.1) is 5.92 Å². The van der Waals surface area contributed by atoms with Crippen LogP contribution in [0.4, 0.5) is 11.5 Å². The molecule has 1 saturated heterocycles. The molecule has 0 atom stereocenters. The van der Waals surface area contributed by atoms with Gasteiger partial charge in [-0.15, -0.1) is 0 Å². The van der Waals surface area contributed by atoms with E-state index in [0.29, 0.717) is 13.1 Å². The van der Waals surface area contributed by atoms with Crippen LogP contribution in [0.2, 0.25) is 0 Å². The van der Waals surface area contributed by atoms with Crippen LogP contribution >= 0.6 is 0 Å². The fourth-order valence-electron chi connectivity index (χ4n) is 3.90. The van der Waals surface area contributed by atoms with E-state index in [0.717, 1.165) is 35.7 Å². The third kappa shape index (κ3) is 2.85. The van der Waals surface area contributed by atoms with E-state index in [1.165, 1.54) is 5.56 Å². The minimum absolute atomic E-state index is 0.0336. The molecular formula is C22H20N4O. The first-order valence-corrected chi connectivity index (χ1v) is 9.31. The van der Waals surface area contributed by atoms with Crippen molar-refractivity contribution < 1.29 is 4.79 Å². The number of benzene rings is 2. The summed E-state index contributed by atoms with van der Waals surface area (Å²) in [4.78, 5) is 25.8. The maximum Gasteiger partial charge on any atom is 0.233 e. The number of amides is 1. The zero-order chi connectivity index (χ0) is 18.2. The first-order valence-electron chi connectivity index (χ1n) is 9.31.